The quantitative estimate of drug-likeness (QED) is 0.324. The van der Waals surface area contributed by atoms with Crippen molar-refractivity contribution in [2.75, 3.05) is 7.11 Å². The largest absolute Gasteiger partial charge is 0.497 e. The number of rotatable bonds is 3. The van der Waals surface area contributed by atoms with Crippen molar-refractivity contribution in [3.8, 4) is 28.1 Å². The molecule has 3 heterocycles. The Morgan fingerprint density at radius 2 is 1.39 bits per heavy atom. The fourth-order valence-corrected chi connectivity index (χ4v) is 4.57. The van der Waals surface area contributed by atoms with Crippen LogP contribution in [0.5, 0.6) is 5.75 Å². The fourth-order valence-electron chi connectivity index (χ4n) is 4.57. The predicted molar refractivity (Wildman–Crippen MR) is 125 cm³/mol. The van der Waals surface area contributed by atoms with Crippen LogP contribution in [-0.2, 0) is 0 Å². The Hall–Kier alpha value is -4.11. The lowest BCUT2D eigenvalue weighted by Crippen LogP contribution is -2.17. The second kappa shape index (κ2) is 6.99. The molecular weight excluding hydrogens is 380 g/mol. The average molecular weight is 401 g/mol. The van der Waals surface area contributed by atoms with Gasteiger partial charge < -0.3 is 4.74 Å². The van der Waals surface area contributed by atoms with Crippen LogP contribution in [0.1, 0.15) is 0 Å². The second-order valence-electron chi connectivity index (χ2n) is 7.68. The molecule has 3 aromatic heterocycles. The number of ether oxygens (including phenoxy) is 1. The molecule has 0 fully saturated rings. The summed E-state index contributed by atoms with van der Waals surface area (Å²) in [6.07, 6.45) is 4.33. The molecule has 6 aromatic rings. The Bertz CT molecular complexity index is 1550. The molecule has 0 aliphatic heterocycles. The van der Waals surface area contributed by atoms with E-state index in [2.05, 4.69) is 106 Å². The van der Waals surface area contributed by atoms with Gasteiger partial charge in [-0.15, -0.1) is 0 Å². The molecule has 0 atom stereocenters. The molecule has 0 amide bonds. The van der Waals surface area contributed by atoms with E-state index in [1.165, 1.54) is 33.1 Å². The molecule has 148 valence electrons. The molecule has 31 heavy (non-hydrogen) atoms. The topological polar surface area (TPSA) is 17.7 Å². The molecule has 3 nitrogen and oxygen atoms in total. The molecule has 6 rings (SSSR count). The van der Waals surface area contributed by atoms with E-state index in [1.807, 2.05) is 12.1 Å². The highest BCUT2D eigenvalue weighted by atomic mass is 16.5. The van der Waals surface area contributed by atoms with E-state index in [4.69, 9.17) is 4.74 Å². The monoisotopic (exact) mass is 401 g/mol. The third-order valence-electron chi connectivity index (χ3n) is 5.96. The Morgan fingerprint density at radius 1 is 0.677 bits per heavy atom. The standard InChI is InChI=1S/C28H21N2O/c1-31-22-16-14-21(15-17-22)28-27(20-9-3-2-4-10-20)24-12-6-5-11-23(24)25-19-29-18-8-7-13-26(29)30(25)28/h2-19H,1H3/q+1. The van der Waals surface area contributed by atoms with Gasteiger partial charge in [-0.25, -0.2) is 4.40 Å². The highest BCUT2D eigenvalue weighted by Gasteiger charge is 2.25. The maximum atomic E-state index is 5.42. The van der Waals surface area contributed by atoms with Crippen molar-refractivity contribution in [3.63, 3.8) is 0 Å². The van der Waals surface area contributed by atoms with Crippen LogP contribution >= 0.6 is 0 Å². The summed E-state index contributed by atoms with van der Waals surface area (Å²) in [7, 11) is 1.70. The van der Waals surface area contributed by atoms with Crippen molar-refractivity contribution < 1.29 is 9.14 Å². The SMILES string of the molecule is COc1ccc(-c2c(-c3ccccc3)c3ccccc3c3c[n+]4ccccc4n23)cc1. The summed E-state index contributed by atoms with van der Waals surface area (Å²) in [5.41, 5.74) is 7.08. The summed E-state index contributed by atoms with van der Waals surface area (Å²) in [4.78, 5) is 0. The summed E-state index contributed by atoms with van der Waals surface area (Å²) in [5.74, 6) is 0.855. The van der Waals surface area contributed by atoms with Crippen molar-refractivity contribution in [1.82, 2.24) is 4.40 Å². The van der Waals surface area contributed by atoms with E-state index in [0.29, 0.717) is 0 Å². The highest BCUT2D eigenvalue weighted by Crippen LogP contribution is 2.40. The number of aromatic nitrogens is 2. The Labute approximate surface area is 180 Å². The van der Waals surface area contributed by atoms with Crippen molar-refractivity contribution in [1.29, 1.82) is 0 Å². The predicted octanol–water partition coefficient (Wildman–Crippen LogP) is 6.17. The van der Waals surface area contributed by atoms with Crippen LogP contribution in [0.15, 0.2) is 109 Å². The number of pyridine rings is 2. The van der Waals surface area contributed by atoms with Gasteiger partial charge in [0, 0.05) is 22.6 Å². The van der Waals surface area contributed by atoms with E-state index < -0.39 is 0 Å². The van der Waals surface area contributed by atoms with Crippen molar-refractivity contribution >= 4 is 21.9 Å². The first-order chi connectivity index (χ1) is 15.3. The Morgan fingerprint density at radius 3 is 2.16 bits per heavy atom. The first kappa shape index (κ1) is 17.7. The highest BCUT2D eigenvalue weighted by molar-refractivity contribution is 6.10. The number of hydrogen-bond donors (Lipinski definition) is 0. The number of nitrogens with zero attached hydrogens (tertiary/aromatic N) is 2. The molecule has 0 saturated heterocycles. The molecule has 0 radical (unpaired) electrons. The van der Waals surface area contributed by atoms with E-state index in [9.17, 15) is 0 Å². The molecule has 0 unspecified atom stereocenters. The van der Waals surface area contributed by atoms with Crippen molar-refractivity contribution in [2.24, 2.45) is 0 Å². The van der Waals surface area contributed by atoms with Gasteiger partial charge in [-0.3, -0.25) is 0 Å². The maximum Gasteiger partial charge on any atom is 0.291 e. The first-order valence-electron chi connectivity index (χ1n) is 10.4. The molecule has 0 spiro atoms. The smallest absolute Gasteiger partial charge is 0.291 e. The Balaban J connectivity index is 1.88. The molecule has 0 aliphatic carbocycles. The van der Waals surface area contributed by atoms with Gasteiger partial charge >= 0.3 is 0 Å². The van der Waals surface area contributed by atoms with Crippen LogP contribution in [0.25, 0.3) is 44.3 Å². The fraction of sp³-hybridized carbons (Fsp3) is 0.0357. The van der Waals surface area contributed by atoms with Crippen LogP contribution in [0.2, 0.25) is 0 Å². The zero-order valence-electron chi connectivity index (χ0n) is 17.2. The summed E-state index contributed by atoms with van der Waals surface area (Å²) < 4.78 is 10.0. The Kier molecular flexibility index (Phi) is 4.00. The minimum Gasteiger partial charge on any atom is -0.497 e. The van der Waals surface area contributed by atoms with Crippen molar-refractivity contribution in [2.45, 2.75) is 0 Å². The second-order valence-corrected chi connectivity index (χ2v) is 7.68. The lowest BCUT2D eigenvalue weighted by atomic mass is 9.93. The first-order valence-corrected chi connectivity index (χ1v) is 10.4. The summed E-state index contributed by atoms with van der Waals surface area (Å²) in [6.45, 7) is 0. The van der Waals surface area contributed by atoms with E-state index in [-0.39, 0.29) is 0 Å². The van der Waals surface area contributed by atoms with Gasteiger partial charge in [-0.05, 0) is 47.3 Å². The average Bonchev–Trinajstić information content (AvgIpc) is 3.23. The zero-order chi connectivity index (χ0) is 20.8. The van der Waals surface area contributed by atoms with Gasteiger partial charge in [-0.2, -0.15) is 4.40 Å². The number of methoxy groups -OCH3 is 1. The number of fused-ring (bicyclic) bond motifs is 5. The maximum absolute atomic E-state index is 5.42. The van der Waals surface area contributed by atoms with Gasteiger partial charge in [0.05, 0.1) is 13.3 Å². The van der Waals surface area contributed by atoms with Crippen LogP contribution in [0.3, 0.4) is 0 Å². The van der Waals surface area contributed by atoms with Crippen LogP contribution < -0.4 is 9.14 Å². The molecule has 3 heteroatoms. The number of benzene rings is 3. The third-order valence-corrected chi connectivity index (χ3v) is 5.96. The number of hydrogen-bond acceptors (Lipinski definition) is 1. The van der Waals surface area contributed by atoms with E-state index >= 15 is 0 Å². The van der Waals surface area contributed by atoms with Gasteiger partial charge in [0.15, 0.2) is 5.52 Å². The third kappa shape index (κ3) is 2.71. The molecule has 3 aromatic carbocycles. The minimum absolute atomic E-state index is 0.855. The number of imidazole rings is 1. The molecule has 0 N–H and O–H groups in total. The molecule has 0 bridgehead atoms. The van der Waals surface area contributed by atoms with Crippen LogP contribution in [0, 0.1) is 0 Å². The van der Waals surface area contributed by atoms with Crippen molar-refractivity contribution in [3.05, 3.63) is 109 Å². The normalized spacial score (nSPS) is 11.4. The molecule has 0 aliphatic rings. The zero-order valence-corrected chi connectivity index (χ0v) is 17.2. The van der Waals surface area contributed by atoms with E-state index in [0.717, 1.165) is 17.0 Å². The lowest BCUT2D eigenvalue weighted by Gasteiger charge is -2.14. The summed E-state index contributed by atoms with van der Waals surface area (Å²) in [5, 5.41) is 2.48. The van der Waals surface area contributed by atoms with Gasteiger partial charge in [0.2, 0.25) is 0 Å². The van der Waals surface area contributed by atoms with Gasteiger partial charge in [0.1, 0.15) is 17.6 Å². The minimum atomic E-state index is 0.855. The summed E-state index contributed by atoms with van der Waals surface area (Å²) in [6, 6.07) is 34.0. The lowest BCUT2D eigenvalue weighted by molar-refractivity contribution is -0.509. The van der Waals surface area contributed by atoms with Gasteiger partial charge in [-0.1, -0.05) is 54.6 Å². The van der Waals surface area contributed by atoms with Crippen LogP contribution in [0.4, 0.5) is 0 Å². The van der Waals surface area contributed by atoms with Gasteiger partial charge in [0.25, 0.3) is 5.65 Å². The van der Waals surface area contributed by atoms with E-state index in [1.54, 1.807) is 7.11 Å². The molecule has 0 saturated carbocycles. The molecular formula is C28H21N2O+. The van der Waals surface area contributed by atoms with Crippen LogP contribution in [-0.4, -0.2) is 11.5 Å². The summed E-state index contributed by atoms with van der Waals surface area (Å²) >= 11 is 0.